The van der Waals surface area contributed by atoms with Gasteiger partial charge in [0.25, 0.3) is 0 Å². The lowest BCUT2D eigenvalue weighted by molar-refractivity contribution is -0.137. The van der Waals surface area contributed by atoms with E-state index in [1.807, 2.05) is 60.7 Å². The van der Waals surface area contributed by atoms with Crippen LogP contribution in [0.1, 0.15) is 31.8 Å². The first-order valence-corrected chi connectivity index (χ1v) is 19.3. The van der Waals surface area contributed by atoms with Gasteiger partial charge in [-0.25, -0.2) is 9.59 Å². The summed E-state index contributed by atoms with van der Waals surface area (Å²) in [5.41, 5.74) is 3.33. The molecule has 0 amide bonds. The Labute approximate surface area is 310 Å². The molecule has 5 heterocycles. The Morgan fingerprint density at radius 1 is 0.412 bits per heavy atom. The second-order valence-electron chi connectivity index (χ2n) is 11.3. The molecule has 7 rings (SSSR count). The van der Waals surface area contributed by atoms with Crippen molar-refractivity contribution in [2.75, 3.05) is 0 Å². The van der Waals surface area contributed by atoms with Gasteiger partial charge in [0.05, 0.1) is 24.0 Å². The number of carboxylic acids is 4. The Balaban J connectivity index is 1.22. The van der Waals surface area contributed by atoms with Gasteiger partial charge in [-0.2, -0.15) is 0 Å². The summed E-state index contributed by atoms with van der Waals surface area (Å²) in [4.78, 5) is 55.7. The van der Waals surface area contributed by atoms with Gasteiger partial charge < -0.3 is 20.4 Å². The van der Waals surface area contributed by atoms with Crippen LogP contribution >= 0.6 is 56.7 Å². The molecule has 254 valence electrons. The topological polar surface area (TPSA) is 149 Å². The third-order valence-electron chi connectivity index (χ3n) is 7.84. The molecule has 0 spiro atoms. The third-order valence-corrected chi connectivity index (χ3v) is 14.3. The molecule has 8 nitrogen and oxygen atoms in total. The molecule has 0 saturated carbocycles. The van der Waals surface area contributed by atoms with Gasteiger partial charge >= 0.3 is 23.9 Å². The quantitative estimate of drug-likeness (QED) is 0.0960. The van der Waals surface area contributed by atoms with Crippen molar-refractivity contribution in [2.24, 2.45) is 0 Å². The molecule has 0 saturated heterocycles. The van der Waals surface area contributed by atoms with E-state index in [-0.39, 0.29) is 24.0 Å². The number of rotatable bonds is 12. The van der Waals surface area contributed by atoms with Crippen LogP contribution < -0.4 is 0 Å². The molecule has 0 aliphatic carbocycles. The van der Waals surface area contributed by atoms with Crippen LogP contribution in [0.4, 0.5) is 0 Å². The van der Waals surface area contributed by atoms with E-state index in [0.717, 1.165) is 59.9 Å². The van der Waals surface area contributed by atoms with E-state index in [0.29, 0.717) is 11.1 Å². The summed E-state index contributed by atoms with van der Waals surface area (Å²) in [7, 11) is 0. The van der Waals surface area contributed by atoms with Crippen LogP contribution in [0.3, 0.4) is 0 Å². The van der Waals surface area contributed by atoms with Crippen molar-refractivity contribution in [3.05, 3.63) is 119 Å². The predicted molar refractivity (Wildman–Crippen MR) is 205 cm³/mol. The number of hydrogen-bond acceptors (Lipinski definition) is 9. The first-order valence-electron chi connectivity index (χ1n) is 15.2. The largest absolute Gasteiger partial charge is 0.481 e. The molecular formula is C38H24O8S5. The van der Waals surface area contributed by atoms with Crippen LogP contribution in [-0.2, 0) is 22.4 Å². The minimum absolute atomic E-state index is 0.165. The van der Waals surface area contributed by atoms with E-state index in [4.69, 9.17) is 0 Å². The van der Waals surface area contributed by atoms with Gasteiger partial charge in [0.1, 0.15) is 0 Å². The molecule has 0 aliphatic rings. The number of thiophene rings is 5. The summed E-state index contributed by atoms with van der Waals surface area (Å²) < 4.78 is 0. The van der Waals surface area contributed by atoms with Crippen LogP contribution in [0.15, 0.2) is 97.1 Å². The molecule has 7 aromatic rings. The number of hydrogen-bond donors (Lipinski definition) is 4. The Hall–Kier alpha value is -5.18. The van der Waals surface area contributed by atoms with E-state index >= 15 is 0 Å². The van der Waals surface area contributed by atoms with Crippen LogP contribution in [0, 0.1) is 0 Å². The number of benzene rings is 2. The number of aromatic carboxylic acids is 2. The standard InChI is InChI=1S/C38H24O8S5/c39-33(40)17-23-15-31(27-9-7-25(47-27)19-3-1-5-21(13-19)37(43)44)50-35(23)29-11-12-30(49-29)36-24(18-34(41)42)16-32(51-36)28-10-8-26(48-28)20-4-2-6-22(14-20)38(45)46/h1-16H,17-18H2,(H,39,40)(H,41,42)(H,43,44)(H,45,46). The fraction of sp³-hybridized carbons (Fsp3) is 0.0526. The number of carbonyl (C=O) groups is 4. The van der Waals surface area contributed by atoms with Crippen molar-refractivity contribution in [2.45, 2.75) is 12.8 Å². The zero-order valence-corrected chi connectivity index (χ0v) is 30.2. The van der Waals surface area contributed by atoms with Crippen molar-refractivity contribution in [3.63, 3.8) is 0 Å². The van der Waals surface area contributed by atoms with Gasteiger partial charge in [0.2, 0.25) is 0 Å². The summed E-state index contributed by atoms with van der Waals surface area (Å²) in [6.45, 7) is 0. The zero-order chi connectivity index (χ0) is 35.8. The Kier molecular flexibility index (Phi) is 9.55. The van der Waals surface area contributed by atoms with Gasteiger partial charge in [0, 0.05) is 48.8 Å². The molecule has 0 unspecified atom stereocenters. The Bertz CT molecular complexity index is 2300. The summed E-state index contributed by atoms with van der Waals surface area (Å²) in [6.07, 6.45) is -0.330. The van der Waals surface area contributed by atoms with Gasteiger partial charge in [-0.05, 0) is 95.1 Å². The molecular weight excluding hydrogens is 745 g/mol. The van der Waals surface area contributed by atoms with E-state index in [1.165, 1.54) is 56.7 Å². The van der Waals surface area contributed by atoms with Crippen molar-refractivity contribution in [1.82, 2.24) is 0 Å². The average Bonchev–Trinajstić information content (AvgIpc) is 3.94. The second kappa shape index (κ2) is 14.2. The highest BCUT2D eigenvalue weighted by Crippen LogP contribution is 2.49. The van der Waals surface area contributed by atoms with Crippen molar-refractivity contribution >= 4 is 80.6 Å². The maximum absolute atomic E-state index is 11.9. The smallest absolute Gasteiger partial charge is 0.335 e. The van der Waals surface area contributed by atoms with Gasteiger partial charge in [-0.15, -0.1) is 56.7 Å². The van der Waals surface area contributed by atoms with Crippen LogP contribution in [0.2, 0.25) is 0 Å². The van der Waals surface area contributed by atoms with E-state index in [1.54, 1.807) is 36.4 Å². The molecule has 5 aromatic heterocycles. The fourth-order valence-corrected chi connectivity index (χ4v) is 11.4. The number of carboxylic acid groups (broad SMARTS) is 4. The SMILES string of the molecule is O=C(O)Cc1cc(-c2ccc(-c3cccc(C(=O)O)c3)s2)sc1-c1ccc(-c2sc(-c3ccc(-c4cccc(C(=O)O)c4)s3)cc2CC(=O)O)s1. The van der Waals surface area contributed by atoms with Crippen molar-refractivity contribution < 1.29 is 39.6 Å². The highest BCUT2D eigenvalue weighted by molar-refractivity contribution is 7.30. The van der Waals surface area contributed by atoms with Gasteiger partial charge in [-0.1, -0.05) is 24.3 Å². The zero-order valence-electron chi connectivity index (χ0n) is 26.1. The molecule has 13 heteroatoms. The molecule has 0 bridgehead atoms. The molecule has 0 fully saturated rings. The summed E-state index contributed by atoms with van der Waals surface area (Å²) >= 11 is 7.47. The lowest BCUT2D eigenvalue weighted by Gasteiger charge is -1.99. The van der Waals surface area contributed by atoms with Crippen LogP contribution in [0.25, 0.3) is 59.9 Å². The van der Waals surface area contributed by atoms with Gasteiger partial charge in [-0.3, -0.25) is 9.59 Å². The minimum atomic E-state index is -1.000. The molecule has 4 N–H and O–H groups in total. The molecule has 0 aliphatic heterocycles. The maximum atomic E-state index is 11.9. The first kappa shape index (κ1) is 34.3. The predicted octanol–water partition coefficient (Wildman–Crippen LogP) is 10.6. The highest BCUT2D eigenvalue weighted by atomic mass is 32.1. The Morgan fingerprint density at radius 2 is 0.784 bits per heavy atom. The molecule has 51 heavy (non-hydrogen) atoms. The van der Waals surface area contributed by atoms with Crippen molar-refractivity contribution in [3.8, 4) is 59.9 Å². The van der Waals surface area contributed by atoms with Crippen LogP contribution in [0.5, 0.6) is 0 Å². The lowest BCUT2D eigenvalue weighted by atomic mass is 10.1. The first-order chi connectivity index (χ1) is 24.5. The van der Waals surface area contributed by atoms with E-state index < -0.39 is 23.9 Å². The average molecular weight is 769 g/mol. The highest BCUT2D eigenvalue weighted by Gasteiger charge is 2.22. The maximum Gasteiger partial charge on any atom is 0.335 e. The molecule has 0 radical (unpaired) electrons. The monoisotopic (exact) mass is 768 g/mol. The summed E-state index contributed by atoms with van der Waals surface area (Å²) in [6, 6.07) is 29.0. The fourth-order valence-electron chi connectivity index (χ4n) is 5.55. The van der Waals surface area contributed by atoms with Gasteiger partial charge in [0.15, 0.2) is 0 Å². The number of aliphatic carboxylic acids is 2. The summed E-state index contributed by atoms with van der Waals surface area (Å²) in [5.74, 6) is -3.90. The van der Waals surface area contributed by atoms with Crippen molar-refractivity contribution in [1.29, 1.82) is 0 Å². The normalized spacial score (nSPS) is 11.1. The summed E-state index contributed by atoms with van der Waals surface area (Å²) in [5, 5.41) is 38.3. The second-order valence-corrected chi connectivity index (χ2v) is 16.7. The third kappa shape index (κ3) is 7.34. The van der Waals surface area contributed by atoms with E-state index in [9.17, 15) is 39.6 Å². The van der Waals surface area contributed by atoms with Crippen LogP contribution in [-0.4, -0.2) is 44.3 Å². The molecule has 2 aromatic carbocycles. The van der Waals surface area contributed by atoms with E-state index in [2.05, 4.69) is 0 Å². The Morgan fingerprint density at radius 3 is 1.18 bits per heavy atom. The lowest BCUT2D eigenvalue weighted by Crippen LogP contribution is -1.99. The minimum Gasteiger partial charge on any atom is -0.481 e. The molecule has 0 atom stereocenters.